The van der Waals surface area contributed by atoms with Gasteiger partial charge in [-0.15, -0.1) is 0 Å². The molecule has 1 aliphatic rings. The molecule has 0 fully saturated rings. The minimum Gasteiger partial charge on any atom is -0.277 e. The highest BCUT2D eigenvalue weighted by molar-refractivity contribution is 6.05. The smallest absolute Gasteiger partial charge is 0.277 e. The molecule has 0 saturated heterocycles. The topological polar surface area (TPSA) is 103 Å². The molecule has 0 heterocycles. The van der Waals surface area contributed by atoms with Gasteiger partial charge in [-0.2, -0.15) is 0 Å². The summed E-state index contributed by atoms with van der Waals surface area (Å²) >= 11 is 0. The summed E-state index contributed by atoms with van der Waals surface area (Å²) in [5, 5.41) is 21.6. The Morgan fingerprint density at radius 1 is 1.12 bits per heavy atom. The Morgan fingerprint density at radius 2 is 1.69 bits per heavy atom. The Hall–Kier alpha value is -2.31. The molecule has 0 radical (unpaired) electrons. The van der Waals surface area contributed by atoms with E-state index in [1.807, 2.05) is 0 Å². The third-order valence-electron chi connectivity index (χ3n) is 2.67. The molecule has 0 atom stereocenters. The van der Waals surface area contributed by atoms with E-state index in [9.17, 15) is 25.0 Å². The Balaban J connectivity index is 2.62. The van der Waals surface area contributed by atoms with E-state index >= 15 is 0 Å². The van der Waals surface area contributed by atoms with Crippen LogP contribution in [0.3, 0.4) is 0 Å². The van der Waals surface area contributed by atoms with Crippen molar-refractivity contribution in [3.63, 3.8) is 0 Å². The van der Waals surface area contributed by atoms with E-state index in [1.165, 1.54) is 18.2 Å². The summed E-state index contributed by atoms with van der Waals surface area (Å²) in [5.41, 5.74) is -2.32. The summed E-state index contributed by atoms with van der Waals surface area (Å²) in [6.07, 6.45) is -0.484. The van der Waals surface area contributed by atoms with Gasteiger partial charge in [-0.05, 0) is 5.56 Å². The van der Waals surface area contributed by atoms with Crippen molar-refractivity contribution < 1.29 is 14.6 Å². The Kier molecular flexibility index (Phi) is 1.97. The second-order valence-corrected chi connectivity index (χ2v) is 3.49. The van der Waals surface area contributed by atoms with Crippen LogP contribution < -0.4 is 0 Å². The van der Waals surface area contributed by atoms with Gasteiger partial charge in [-0.1, -0.05) is 24.3 Å². The monoisotopic (exact) mass is 222 g/mol. The van der Waals surface area contributed by atoms with Crippen molar-refractivity contribution in [3.8, 4) is 0 Å². The number of rotatable bonds is 2. The zero-order valence-corrected chi connectivity index (χ0v) is 7.95. The van der Waals surface area contributed by atoms with Crippen LogP contribution in [0.5, 0.6) is 0 Å². The Labute approximate surface area is 89.0 Å². The fourth-order valence-corrected chi connectivity index (χ4v) is 1.82. The zero-order chi connectivity index (χ0) is 11.9. The van der Waals surface area contributed by atoms with Crippen molar-refractivity contribution in [2.24, 2.45) is 0 Å². The molecule has 7 heteroatoms. The van der Waals surface area contributed by atoms with E-state index in [-0.39, 0.29) is 5.56 Å². The summed E-state index contributed by atoms with van der Waals surface area (Å²) in [6.45, 7) is 0. The molecule has 0 N–H and O–H groups in total. The Morgan fingerprint density at radius 3 is 2.19 bits per heavy atom. The number of nitrogens with zero attached hydrogens (tertiary/aromatic N) is 2. The van der Waals surface area contributed by atoms with E-state index < -0.39 is 27.7 Å². The first-order valence-corrected chi connectivity index (χ1v) is 4.42. The third-order valence-corrected chi connectivity index (χ3v) is 2.67. The van der Waals surface area contributed by atoms with Crippen LogP contribution in [0.4, 0.5) is 0 Å². The molecule has 2 rings (SSSR count). The number of Topliss-reactive ketones (excluding diaryl/α,β-unsaturated/α-hetero) is 1. The van der Waals surface area contributed by atoms with E-state index in [1.54, 1.807) is 6.07 Å². The van der Waals surface area contributed by atoms with E-state index in [0.29, 0.717) is 5.56 Å². The van der Waals surface area contributed by atoms with Crippen LogP contribution in [0.1, 0.15) is 15.9 Å². The second kappa shape index (κ2) is 3.09. The van der Waals surface area contributed by atoms with Gasteiger partial charge in [0.1, 0.15) is 16.3 Å². The number of fused-ring (bicyclic) bond motifs is 1. The maximum Gasteiger partial charge on any atom is 0.524 e. The maximum absolute atomic E-state index is 11.7. The lowest BCUT2D eigenvalue weighted by Crippen LogP contribution is -2.51. The van der Waals surface area contributed by atoms with Crippen LogP contribution >= 0.6 is 0 Å². The van der Waals surface area contributed by atoms with Gasteiger partial charge < -0.3 is 0 Å². The molecule has 0 saturated carbocycles. The van der Waals surface area contributed by atoms with Crippen molar-refractivity contribution in [2.75, 3.05) is 0 Å². The zero-order valence-electron chi connectivity index (χ0n) is 7.95. The predicted octanol–water partition coefficient (Wildman–Crippen LogP) is 0.675. The molecular weight excluding hydrogens is 216 g/mol. The van der Waals surface area contributed by atoms with Crippen molar-refractivity contribution in [1.82, 2.24) is 0 Å². The highest BCUT2D eigenvalue weighted by Gasteiger charge is 2.68. The first-order valence-electron chi connectivity index (χ1n) is 4.42. The van der Waals surface area contributed by atoms with Crippen molar-refractivity contribution in [2.45, 2.75) is 12.1 Å². The summed E-state index contributed by atoms with van der Waals surface area (Å²) in [6, 6.07) is 5.96. The number of carbonyl (C=O) groups is 1. The van der Waals surface area contributed by atoms with E-state index in [2.05, 4.69) is 0 Å². The number of carbonyl (C=O) groups excluding carboxylic acids is 1. The van der Waals surface area contributed by atoms with Crippen LogP contribution in [0, 0.1) is 20.2 Å². The summed E-state index contributed by atoms with van der Waals surface area (Å²) < 4.78 is 0. The van der Waals surface area contributed by atoms with Crippen molar-refractivity contribution in [3.05, 3.63) is 55.6 Å². The van der Waals surface area contributed by atoms with Gasteiger partial charge >= 0.3 is 11.4 Å². The number of hydrogen-bond donors (Lipinski definition) is 0. The fourth-order valence-electron chi connectivity index (χ4n) is 1.82. The number of benzene rings is 1. The first-order chi connectivity index (χ1) is 7.50. The number of nitro groups is 2. The van der Waals surface area contributed by atoms with Gasteiger partial charge in [0.25, 0.3) is 0 Å². The Bertz CT molecular complexity index is 496. The van der Waals surface area contributed by atoms with Gasteiger partial charge in [0.2, 0.25) is 0 Å². The van der Waals surface area contributed by atoms with Crippen LogP contribution in [0.25, 0.3) is 0 Å². The molecule has 1 aliphatic carbocycles. The third kappa shape index (κ3) is 1.05. The van der Waals surface area contributed by atoms with Crippen LogP contribution in [0.15, 0.2) is 24.3 Å². The molecule has 16 heavy (non-hydrogen) atoms. The van der Waals surface area contributed by atoms with E-state index in [0.717, 1.165) is 0 Å². The van der Waals surface area contributed by atoms with E-state index in [4.69, 9.17) is 0 Å². The largest absolute Gasteiger partial charge is 0.524 e. The van der Waals surface area contributed by atoms with Crippen molar-refractivity contribution >= 4 is 5.78 Å². The molecule has 0 aliphatic heterocycles. The molecule has 1 aromatic rings. The van der Waals surface area contributed by atoms with Gasteiger partial charge in [-0.3, -0.25) is 25.0 Å². The maximum atomic E-state index is 11.7. The van der Waals surface area contributed by atoms with Crippen molar-refractivity contribution in [1.29, 1.82) is 0 Å². The van der Waals surface area contributed by atoms with Gasteiger partial charge in [0.15, 0.2) is 0 Å². The summed E-state index contributed by atoms with van der Waals surface area (Å²) in [7, 11) is 0. The summed E-state index contributed by atoms with van der Waals surface area (Å²) in [5.74, 6) is -1.04. The molecule has 0 aromatic heterocycles. The van der Waals surface area contributed by atoms with Crippen LogP contribution in [0.2, 0.25) is 0 Å². The average Bonchev–Trinajstić information content (AvgIpc) is 2.54. The standard InChI is InChI=1S/C9H6N2O5/c12-8-7-4-2-1-3-6(7)5-9(8,10(13)14)11(15)16/h1-4H,5H2. The highest BCUT2D eigenvalue weighted by Crippen LogP contribution is 2.32. The molecule has 0 amide bonds. The van der Waals surface area contributed by atoms with Crippen LogP contribution in [-0.4, -0.2) is 21.3 Å². The minimum atomic E-state index is -2.73. The second-order valence-electron chi connectivity index (χ2n) is 3.49. The average molecular weight is 222 g/mol. The summed E-state index contributed by atoms with van der Waals surface area (Å²) in [4.78, 5) is 31.1. The number of hydrogen-bond acceptors (Lipinski definition) is 5. The molecule has 0 unspecified atom stereocenters. The lowest BCUT2D eigenvalue weighted by atomic mass is 10.1. The molecule has 0 bridgehead atoms. The minimum absolute atomic E-state index is 0.0656. The molecule has 82 valence electrons. The van der Waals surface area contributed by atoms with Gasteiger partial charge in [0.05, 0.1) is 0 Å². The van der Waals surface area contributed by atoms with Gasteiger partial charge in [-0.25, -0.2) is 0 Å². The highest BCUT2D eigenvalue weighted by atomic mass is 16.7. The molecule has 7 nitrogen and oxygen atoms in total. The first kappa shape index (κ1) is 10.2. The molecule has 0 spiro atoms. The quantitative estimate of drug-likeness (QED) is 0.415. The lowest BCUT2D eigenvalue weighted by Gasteiger charge is -2.08. The fraction of sp³-hybridized carbons (Fsp3) is 0.222. The van der Waals surface area contributed by atoms with Crippen LogP contribution in [-0.2, 0) is 6.42 Å². The van der Waals surface area contributed by atoms with Gasteiger partial charge in [0, 0.05) is 5.56 Å². The lowest BCUT2D eigenvalue weighted by molar-refractivity contribution is -0.772. The molecular formula is C9H6N2O5. The number of ketones is 1. The predicted molar refractivity (Wildman–Crippen MR) is 51.2 cm³/mol. The molecule has 1 aromatic carbocycles. The normalized spacial score (nSPS) is 16.9. The SMILES string of the molecule is O=C1c2ccccc2CC1([N+](=O)[O-])[N+](=O)[O-].